The molecular formula is C18H32N8O8. The zero-order valence-electron chi connectivity index (χ0n) is 18.7. The Hall–Kier alpha value is -3.95. The van der Waals surface area contributed by atoms with Crippen LogP contribution in [-0.4, -0.2) is 82.5 Å². The van der Waals surface area contributed by atoms with E-state index >= 15 is 0 Å². The summed E-state index contributed by atoms with van der Waals surface area (Å²) in [5.74, 6) is -6.65. The quantitative estimate of drug-likeness (QED) is 0.0568. The van der Waals surface area contributed by atoms with Crippen LogP contribution in [0.3, 0.4) is 0 Å². The van der Waals surface area contributed by atoms with Crippen molar-refractivity contribution in [3.05, 3.63) is 0 Å². The Balaban J connectivity index is 5.50. The third kappa shape index (κ3) is 12.8. The van der Waals surface area contributed by atoms with E-state index in [1.165, 1.54) is 6.92 Å². The number of carboxylic acid groups (broad SMARTS) is 2. The molecule has 0 aliphatic heterocycles. The van der Waals surface area contributed by atoms with Crippen molar-refractivity contribution in [2.75, 3.05) is 6.54 Å². The van der Waals surface area contributed by atoms with Gasteiger partial charge in [0.05, 0.1) is 12.5 Å². The summed E-state index contributed by atoms with van der Waals surface area (Å²) in [5.41, 5.74) is 20.9. The lowest BCUT2D eigenvalue weighted by Crippen LogP contribution is -2.57. The molecule has 0 fully saturated rings. The van der Waals surface area contributed by atoms with E-state index in [-0.39, 0.29) is 38.2 Å². The van der Waals surface area contributed by atoms with Gasteiger partial charge in [0.2, 0.25) is 23.6 Å². The number of carbonyl (C=O) groups is 6. The molecular weight excluding hydrogens is 456 g/mol. The van der Waals surface area contributed by atoms with Crippen LogP contribution in [0.5, 0.6) is 0 Å². The summed E-state index contributed by atoms with van der Waals surface area (Å²) in [6.45, 7) is 1.50. The minimum absolute atomic E-state index is 0.0127. The van der Waals surface area contributed by atoms with Crippen molar-refractivity contribution in [2.45, 2.75) is 63.2 Å². The Bertz CT molecular complexity index is 797. The monoisotopic (exact) mass is 488 g/mol. The van der Waals surface area contributed by atoms with Crippen molar-refractivity contribution in [3.8, 4) is 0 Å². The molecule has 0 aliphatic rings. The van der Waals surface area contributed by atoms with Gasteiger partial charge in [-0.25, -0.2) is 4.79 Å². The zero-order valence-corrected chi connectivity index (χ0v) is 18.7. The highest BCUT2D eigenvalue weighted by Crippen LogP contribution is 2.04. The molecule has 0 rings (SSSR count). The van der Waals surface area contributed by atoms with Crippen molar-refractivity contribution >= 4 is 41.5 Å². The van der Waals surface area contributed by atoms with Crippen LogP contribution in [0.4, 0.5) is 0 Å². The number of carboxylic acids is 2. The van der Waals surface area contributed by atoms with Crippen molar-refractivity contribution < 1.29 is 39.0 Å². The summed E-state index contributed by atoms with van der Waals surface area (Å²) in [6.07, 6.45) is -1.34. The third-order valence-electron chi connectivity index (χ3n) is 4.30. The molecule has 0 bridgehead atoms. The van der Waals surface area contributed by atoms with E-state index < -0.39 is 66.2 Å². The van der Waals surface area contributed by atoms with Gasteiger partial charge < -0.3 is 49.1 Å². The Morgan fingerprint density at radius 3 is 1.82 bits per heavy atom. The van der Waals surface area contributed by atoms with Crippen LogP contribution in [-0.2, 0) is 28.8 Å². The number of nitrogens with two attached hydrogens (primary N) is 4. The highest BCUT2D eigenvalue weighted by Gasteiger charge is 2.31. The molecule has 0 heterocycles. The summed E-state index contributed by atoms with van der Waals surface area (Å²) < 4.78 is 0. The molecule has 0 spiro atoms. The van der Waals surface area contributed by atoms with Crippen LogP contribution in [0.15, 0.2) is 4.99 Å². The molecule has 4 amide bonds. The number of hydrogen-bond acceptors (Lipinski definition) is 8. The fourth-order valence-corrected chi connectivity index (χ4v) is 2.55. The number of primary amides is 1. The van der Waals surface area contributed by atoms with E-state index in [9.17, 15) is 33.9 Å². The van der Waals surface area contributed by atoms with Crippen molar-refractivity contribution in [1.82, 2.24) is 16.0 Å². The maximum atomic E-state index is 12.8. The second-order valence-corrected chi connectivity index (χ2v) is 7.36. The van der Waals surface area contributed by atoms with Crippen molar-refractivity contribution in [3.63, 3.8) is 0 Å². The Labute approximate surface area is 194 Å². The fourth-order valence-electron chi connectivity index (χ4n) is 2.55. The van der Waals surface area contributed by atoms with E-state index in [0.29, 0.717) is 0 Å². The molecule has 4 unspecified atom stereocenters. The summed E-state index contributed by atoms with van der Waals surface area (Å²) >= 11 is 0. The van der Waals surface area contributed by atoms with Gasteiger partial charge in [0.1, 0.15) is 18.1 Å². The molecule has 13 N–H and O–H groups in total. The highest BCUT2D eigenvalue weighted by molar-refractivity contribution is 5.95. The number of hydrogen-bond donors (Lipinski definition) is 9. The number of amides is 4. The van der Waals surface area contributed by atoms with E-state index in [4.69, 9.17) is 28.0 Å². The molecule has 0 aromatic rings. The first-order chi connectivity index (χ1) is 15.7. The van der Waals surface area contributed by atoms with Crippen LogP contribution < -0.4 is 38.9 Å². The zero-order chi connectivity index (χ0) is 26.4. The maximum absolute atomic E-state index is 12.8. The van der Waals surface area contributed by atoms with Crippen LogP contribution >= 0.6 is 0 Å². The highest BCUT2D eigenvalue weighted by atomic mass is 16.4. The van der Waals surface area contributed by atoms with E-state index in [1.807, 2.05) is 0 Å². The van der Waals surface area contributed by atoms with Crippen LogP contribution in [0, 0.1) is 0 Å². The predicted octanol–water partition coefficient (Wildman–Crippen LogP) is -4.33. The summed E-state index contributed by atoms with van der Waals surface area (Å²) in [4.78, 5) is 74.5. The summed E-state index contributed by atoms with van der Waals surface area (Å²) in [5, 5.41) is 25.0. The lowest BCUT2D eigenvalue weighted by atomic mass is 10.1. The first-order valence-corrected chi connectivity index (χ1v) is 10.2. The van der Waals surface area contributed by atoms with Gasteiger partial charge in [-0.15, -0.1) is 0 Å². The van der Waals surface area contributed by atoms with Crippen LogP contribution in [0.25, 0.3) is 0 Å². The molecule has 16 nitrogen and oxygen atoms in total. The molecule has 0 aliphatic carbocycles. The van der Waals surface area contributed by atoms with Gasteiger partial charge in [-0.2, -0.15) is 0 Å². The lowest BCUT2D eigenvalue weighted by Gasteiger charge is -2.24. The second kappa shape index (κ2) is 15.0. The molecule has 0 radical (unpaired) electrons. The van der Waals surface area contributed by atoms with Crippen molar-refractivity contribution in [2.24, 2.45) is 27.9 Å². The minimum atomic E-state index is -1.69. The number of rotatable bonds is 16. The smallest absolute Gasteiger partial charge is 0.326 e. The number of carbonyl (C=O) groups excluding carboxylic acids is 4. The first-order valence-electron chi connectivity index (χ1n) is 10.2. The third-order valence-corrected chi connectivity index (χ3v) is 4.30. The first kappa shape index (κ1) is 30.1. The molecule has 0 saturated carbocycles. The number of nitrogens with zero attached hydrogens (tertiary/aromatic N) is 1. The second-order valence-electron chi connectivity index (χ2n) is 7.36. The average molecular weight is 489 g/mol. The predicted molar refractivity (Wildman–Crippen MR) is 118 cm³/mol. The average Bonchev–Trinajstić information content (AvgIpc) is 2.71. The van der Waals surface area contributed by atoms with Crippen LogP contribution in [0.2, 0.25) is 0 Å². The summed E-state index contributed by atoms with van der Waals surface area (Å²) in [6, 6.07) is -5.43. The standard InChI is InChI=1S/C18H32N8O8/c1-8(19)14(30)24-9(3-2-6-23-18(21)22)15(31)26-11(7-13(28)29)16(32)25-10(17(33)34)4-5-12(20)27/h8-11H,2-7,19H2,1H3,(H2,20,27)(H,24,30)(H,25,32)(H,26,31)(H,28,29)(H,33,34)(H4,21,22,23). The largest absolute Gasteiger partial charge is 0.481 e. The Morgan fingerprint density at radius 1 is 0.824 bits per heavy atom. The van der Waals surface area contributed by atoms with Gasteiger partial charge in [0.25, 0.3) is 0 Å². The van der Waals surface area contributed by atoms with Gasteiger partial charge in [-0.05, 0) is 26.2 Å². The Morgan fingerprint density at radius 2 is 1.35 bits per heavy atom. The van der Waals surface area contributed by atoms with Gasteiger partial charge in [-0.1, -0.05) is 0 Å². The molecule has 0 aromatic carbocycles. The molecule has 4 atom stereocenters. The van der Waals surface area contributed by atoms with Crippen molar-refractivity contribution in [1.29, 1.82) is 0 Å². The van der Waals surface area contributed by atoms with Crippen LogP contribution in [0.1, 0.15) is 39.0 Å². The normalized spacial score (nSPS) is 13.9. The fraction of sp³-hybridized carbons (Fsp3) is 0.611. The SMILES string of the molecule is CC(N)C(=O)NC(CCCN=C(N)N)C(=O)NC(CC(=O)O)C(=O)NC(CCC(N)=O)C(=O)O. The molecule has 0 saturated heterocycles. The van der Waals surface area contributed by atoms with Gasteiger partial charge in [0, 0.05) is 13.0 Å². The van der Waals surface area contributed by atoms with Gasteiger partial charge in [0.15, 0.2) is 5.96 Å². The summed E-state index contributed by atoms with van der Waals surface area (Å²) in [7, 11) is 0. The minimum Gasteiger partial charge on any atom is -0.481 e. The van der Waals surface area contributed by atoms with E-state index in [0.717, 1.165) is 0 Å². The number of guanidine groups is 1. The lowest BCUT2D eigenvalue weighted by molar-refractivity contribution is -0.143. The van der Waals surface area contributed by atoms with Gasteiger partial charge >= 0.3 is 11.9 Å². The maximum Gasteiger partial charge on any atom is 0.326 e. The topological polar surface area (TPSA) is 295 Å². The van der Waals surface area contributed by atoms with E-state index in [2.05, 4.69) is 20.9 Å². The van der Waals surface area contributed by atoms with E-state index in [1.54, 1.807) is 0 Å². The van der Waals surface area contributed by atoms with Gasteiger partial charge in [-0.3, -0.25) is 29.0 Å². The molecule has 16 heteroatoms. The molecule has 0 aromatic heterocycles. The number of aliphatic carboxylic acids is 2. The number of nitrogens with one attached hydrogen (secondary N) is 3. The number of aliphatic imine (C=N–C) groups is 1. The molecule has 192 valence electrons. The Kier molecular flexibility index (Phi) is 13.2. The molecule has 34 heavy (non-hydrogen) atoms.